The van der Waals surface area contributed by atoms with Crippen molar-refractivity contribution >= 4 is 0 Å². The van der Waals surface area contributed by atoms with Crippen LogP contribution < -0.4 is 5.32 Å². The van der Waals surface area contributed by atoms with E-state index in [4.69, 9.17) is 9.15 Å². The first-order valence-corrected chi connectivity index (χ1v) is 7.23. The highest BCUT2D eigenvalue weighted by Crippen LogP contribution is 2.28. The summed E-state index contributed by atoms with van der Waals surface area (Å²) in [5.41, 5.74) is 0. The van der Waals surface area contributed by atoms with Gasteiger partial charge in [-0.25, -0.2) is 0 Å². The summed E-state index contributed by atoms with van der Waals surface area (Å²) in [6.07, 6.45) is 4.50. The van der Waals surface area contributed by atoms with Crippen LogP contribution in [0, 0.1) is 5.92 Å². The van der Waals surface area contributed by atoms with Crippen LogP contribution in [0.2, 0.25) is 0 Å². The first kappa shape index (κ1) is 13.6. The van der Waals surface area contributed by atoms with Crippen LogP contribution in [0.1, 0.15) is 50.7 Å². The van der Waals surface area contributed by atoms with Gasteiger partial charge < -0.3 is 14.5 Å². The normalized spacial score (nSPS) is 19.0. The molecule has 0 saturated carbocycles. The maximum Gasteiger partial charge on any atom is 0.121 e. The van der Waals surface area contributed by atoms with Crippen LogP contribution >= 0.6 is 0 Å². The summed E-state index contributed by atoms with van der Waals surface area (Å²) >= 11 is 0. The summed E-state index contributed by atoms with van der Waals surface area (Å²) in [6.45, 7) is 7.10. The van der Waals surface area contributed by atoms with Gasteiger partial charge in [0.05, 0.1) is 6.04 Å². The Labute approximate surface area is 110 Å². The number of nitrogens with one attached hydrogen (secondary N) is 1. The Kier molecular flexibility index (Phi) is 5.26. The van der Waals surface area contributed by atoms with Crippen molar-refractivity contribution < 1.29 is 9.15 Å². The third-order valence-electron chi connectivity index (χ3n) is 3.73. The van der Waals surface area contributed by atoms with E-state index in [0.717, 1.165) is 50.0 Å². The number of rotatable bonds is 6. The molecule has 2 heterocycles. The smallest absolute Gasteiger partial charge is 0.121 e. The average molecular weight is 251 g/mol. The summed E-state index contributed by atoms with van der Waals surface area (Å²) in [6, 6.07) is 4.59. The summed E-state index contributed by atoms with van der Waals surface area (Å²) in [7, 11) is 0. The fourth-order valence-electron chi connectivity index (χ4n) is 2.63. The topological polar surface area (TPSA) is 34.4 Å². The maximum atomic E-state index is 5.90. The third kappa shape index (κ3) is 3.59. The van der Waals surface area contributed by atoms with E-state index in [0.29, 0.717) is 6.04 Å². The maximum absolute atomic E-state index is 5.90. The molecular weight excluding hydrogens is 226 g/mol. The van der Waals surface area contributed by atoms with E-state index < -0.39 is 0 Å². The molecule has 1 aliphatic heterocycles. The largest absolute Gasteiger partial charge is 0.464 e. The van der Waals surface area contributed by atoms with E-state index in [2.05, 4.69) is 31.3 Å². The quantitative estimate of drug-likeness (QED) is 0.842. The first-order valence-electron chi connectivity index (χ1n) is 7.23. The number of hydrogen-bond acceptors (Lipinski definition) is 3. The van der Waals surface area contributed by atoms with Crippen molar-refractivity contribution in [2.24, 2.45) is 5.92 Å². The molecule has 0 aromatic carbocycles. The van der Waals surface area contributed by atoms with Crippen LogP contribution in [-0.2, 0) is 11.2 Å². The zero-order valence-corrected chi connectivity index (χ0v) is 11.6. The van der Waals surface area contributed by atoms with Crippen molar-refractivity contribution in [3.63, 3.8) is 0 Å². The molecule has 0 amide bonds. The minimum atomic E-state index is 0.360. The lowest BCUT2D eigenvalue weighted by Crippen LogP contribution is -2.26. The molecule has 1 aromatic rings. The average Bonchev–Trinajstić information content (AvgIpc) is 2.88. The predicted octanol–water partition coefficient (Wildman–Crippen LogP) is 3.31. The fraction of sp³-hybridized carbons (Fsp3) is 0.733. The molecule has 0 aliphatic carbocycles. The monoisotopic (exact) mass is 251 g/mol. The van der Waals surface area contributed by atoms with Crippen LogP contribution in [0.4, 0.5) is 0 Å². The molecule has 1 N–H and O–H groups in total. The van der Waals surface area contributed by atoms with E-state index in [9.17, 15) is 0 Å². The van der Waals surface area contributed by atoms with Gasteiger partial charge in [0.25, 0.3) is 0 Å². The van der Waals surface area contributed by atoms with Crippen LogP contribution in [0.15, 0.2) is 16.5 Å². The Bertz CT molecular complexity index is 342. The Balaban J connectivity index is 1.97. The molecule has 0 spiro atoms. The molecule has 3 heteroatoms. The highest BCUT2D eigenvalue weighted by atomic mass is 16.5. The van der Waals surface area contributed by atoms with Gasteiger partial charge in [0.15, 0.2) is 0 Å². The van der Waals surface area contributed by atoms with E-state index in [1.165, 1.54) is 12.8 Å². The Morgan fingerprint density at radius 1 is 1.28 bits per heavy atom. The molecule has 102 valence electrons. The highest BCUT2D eigenvalue weighted by Gasteiger charge is 2.22. The van der Waals surface area contributed by atoms with E-state index in [-0.39, 0.29) is 0 Å². The van der Waals surface area contributed by atoms with Crippen molar-refractivity contribution in [1.82, 2.24) is 5.32 Å². The van der Waals surface area contributed by atoms with Crippen LogP contribution in [0.3, 0.4) is 0 Å². The zero-order chi connectivity index (χ0) is 12.8. The van der Waals surface area contributed by atoms with E-state index >= 15 is 0 Å². The zero-order valence-electron chi connectivity index (χ0n) is 11.6. The molecule has 3 nitrogen and oxygen atoms in total. The molecule has 18 heavy (non-hydrogen) atoms. The summed E-state index contributed by atoms with van der Waals surface area (Å²) in [5.74, 6) is 2.94. The van der Waals surface area contributed by atoms with Gasteiger partial charge in [0, 0.05) is 19.6 Å². The van der Waals surface area contributed by atoms with Gasteiger partial charge in [0.2, 0.25) is 0 Å². The van der Waals surface area contributed by atoms with Gasteiger partial charge in [-0.3, -0.25) is 0 Å². The molecule has 2 rings (SSSR count). The summed E-state index contributed by atoms with van der Waals surface area (Å²) in [5, 5.41) is 3.55. The fourth-order valence-corrected chi connectivity index (χ4v) is 2.63. The number of aryl methyl sites for hydroxylation is 1. The van der Waals surface area contributed by atoms with Gasteiger partial charge in [-0.2, -0.15) is 0 Å². The number of hydrogen-bond donors (Lipinski definition) is 1. The van der Waals surface area contributed by atoms with Crippen LogP contribution in [0.5, 0.6) is 0 Å². The second kappa shape index (κ2) is 6.95. The highest BCUT2D eigenvalue weighted by molar-refractivity contribution is 5.11. The SMILES string of the molecule is CCNC(CC1CCOCC1)c1ccc(CC)o1. The lowest BCUT2D eigenvalue weighted by molar-refractivity contribution is 0.0596. The number of furan rings is 1. The second-order valence-electron chi connectivity index (χ2n) is 5.06. The van der Waals surface area contributed by atoms with Crippen molar-refractivity contribution in [3.05, 3.63) is 23.7 Å². The van der Waals surface area contributed by atoms with Crippen molar-refractivity contribution in [3.8, 4) is 0 Å². The van der Waals surface area contributed by atoms with Crippen LogP contribution in [0.25, 0.3) is 0 Å². The minimum Gasteiger partial charge on any atom is -0.464 e. The molecule has 1 saturated heterocycles. The molecule has 1 atom stereocenters. The van der Waals surface area contributed by atoms with E-state index in [1.54, 1.807) is 0 Å². The van der Waals surface area contributed by atoms with Gasteiger partial charge in [0.1, 0.15) is 11.5 Å². The van der Waals surface area contributed by atoms with Crippen molar-refractivity contribution in [1.29, 1.82) is 0 Å². The van der Waals surface area contributed by atoms with Crippen molar-refractivity contribution in [2.75, 3.05) is 19.8 Å². The lowest BCUT2D eigenvalue weighted by atomic mass is 9.91. The predicted molar refractivity (Wildman–Crippen MR) is 72.7 cm³/mol. The second-order valence-corrected chi connectivity index (χ2v) is 5.06. The standard InChI is InChI=1S/C15H25NO2/c1-3-13-5-6-15(18-13)14(16-4-2)11-12-7-9-17-10-8-12/h5-6,12,14,16H,3-4,7-11H2,1-2H3. The third-order valence-corrected chi connectivity index (χ3v) is 3.73. The Morgan fingerprint density at radius 2 is 2.06 bits per heavy atom. The van der Waals surface area contributed by atoms with Gasteiger partial charge >= 0.3 is 0 Å². The molecule has 0 radical (unpaired) electrons. The Hall–Kier alpha value is -0.800. The first-order chi connectivity index (χ1) is 8.83. The minimum absolute atomic E-state index is 0.360. The van der Waals surface area contributed by atoms with Gasteiger partial charge in [-0.1, -0.05) is 13.8 Å². The van der Waals surface area contributed by atoms with Crippen LogP contribution in [-0.4, -0.2) is 19.8 Å². The molecule has 1 aromatic heterocycles. The van der Waals surface area contributed by atoms with E-state index in [1.807, 2.05) is 0 Å². The molecule has 1 aliphatic rings. The molecule has 0 bridgehead atoms. The molecule has 1 fully saturated rings. The van der Waals surface area contributed by atoms with Gasteiger partial charge in [-0.05, 0) is 43.9 Å². The lowest BCUT2D eigenvalue weighted by Gasteiger charge is -2.26. The molecule has 1 unspecified atom stereocenters. The van der Waals surface area contributed by atoms with Gasteiger partial charge in [-0.15, -0.1) is 0 Å². The molecular formula is C15H25NO2. The Morgan fingerprint density at radius 3 is 2.67 bits per heavy atom. The van der Waals surface area contributed by atoms with Crippen molar-refractivity contribution in [2.45, 2.75) is 45.6 Å². The summed E-state index contributed by atoms with van der Waals surface area (Å²) < 4.78 is 11.3. The number of ether oxygens (including phenoxy) is 1. The summed E-state index contributed by atoms with van der Waals surface area (Å²) in [4.78, 5) is 0.